The van der Waals surface area contributed by atoms with Gasteiger partial charge in [0.25, 0.3) is 0 Å². The van der Waals surface area contributed by atoms with Gasteiger partial charge in [0.15, 0.2) is 0 Å². The third kappa shape index (κ3) is 2.14. The molecule has 58 valence electrons. The standard InChI is InChI=1S/C9H16O/c1-3-10-9-6-4-5-8(2)7-9/h9H,2-7H2,1H3. The van der Waals surface area contributed by atoms with E-state index < -0.39 is 0 Å². The van der Waals surface area contributed by atoms with Gasteiger partial charge in [-0.2, -0.15) is 0 Å². The molecule has 1 atom stereocenters. The summed E-state index contributed by atoms with van der Waals surface area (Å²) in [5, 5.41) is 0. The Bertz CT molecular complexity index is 116. The van der Waals surface area contributed by atoms with Gasteiger partial charge in [-0.1, -0.05) is 12.2 Å². The van der Waals surface area contributed by atoms with E-state index in [1.165, 1.54) is 24.8 Å². The van der Waals surface area contributed by atoms with Gasteiger partial charge >= 0.3 is 0 Å². The number of rotatable bonds is 2. The molecule has 0 aromatic heterocycles. The normalized spacial score (nSPS) is 26.9. The summed E-state index contributed by atoms with van der Waals surface area (Å²) >= 11 is 0. The van der Waals surface area contributed by atoms with Crippen LogP contribution in [0.4, 0.5) is 0 Å². The highest BCUT2D eigenvalue weighted by Gasteiger charge is 2.14. The van der Waals surface area contributed by atoms with Crippen LogP contribution in [0.25, 0.3) is 0 Å². The van der Waals surface area contributed by atoms with Crippen molar-refractivity contribution >= 4 is 0 Å². The first kappa shape index (κ1) is 7.80. The molecule has 0 spiro atoms. The van der Waals surface area contributed by atoms with Crippen LogP contribution in [-0.4, -0.2) is 12.7 Å². The Kier molecular flexibility index (Phi) is 2.94. The van der Waals surface area contributed by atoms with Crippen molar-refractivity contribution in [2.75, 3.05) is 6.61 Å². The smallest absolute Gasteiger partial charge is 0.0612 e. The van der Waals surface area contributed by atoms with E-state index in [1.54, 1.807) is 0 Å². The van der Waals surface area contributed by atoms with Crippen LogP contribution in [0.3, 0.4) is 0 Å². The number of hydrogen-bond donors (Lipinski definition) is 0. The summed E-state index contributed by atoms with van der Waals surface area (Å²) in [6.07, 6.45) is 5.28. The Morgan fingerprint density at radius 2 is 2.50 bits per heavy atom. The van der Waals surface area contributed by atoms with Gasteiger partial charge < -0.3 is 4.74 Å². The molecule has 0 amide bonds. The van der Waals surface area contributed by atoms with Crippen molar-refractivity contribution < 1.29 is 4.74 Å². The van der Waals surface area contributed by atoms with E-state index in [4.69, 9.17) is 4.74 Å². The quantitative estimate of drug-likeness (QED) is 0.535. The van der Waals surface area contributed by atoms with Crippen LogP contribution in [0.2, 0.25) is 0 Å². The molecule has 1 heteroatoms. The van der Waals surface area contributed by atoms with Crippen molar-refractivity contribution in [3.63, 3.8) is 0 Å². The molecule has 1 fully saturated rings. The van der Waals surface area contributed by atoms with Crippen LogP contribution in [0.5, 0.6) is 0 Å². The monoisotopic (exact) mass is 140 g/mol. The van der Waals surface area contributed by atoms with Crippen molar-refractivity contribution in [1.29, 1.82) is 0 Å². The maximum atomic E-state index is 5.49. The van der Waals surface area contributed by atoms with E-state index in [1.807, 2.05) is 0 Å². The lowest BCUT2D eigenvalue weighted by atomic mass is 9.94. The summed E-state index contributed by atoms with van der Waals surface area (Å²) in [5.41, 5.74) is 1.37. The minimum atomic E-state index is 0.478. The predicted octanol–water partition coefficient (Wildman–Crippen LogP) is 2.52. The first-order chi connectivity index (χ1) is 4.83. The molecule has 0 bridgehead atoms. The topological polar surface area (TPSA) is 9.23 Å². The predicted molar refractivity (Wildman–Crippen MR) is 43.0 cm³/mol. The maximum Gasteiger partial charge on any atom is 0.0612 e. The summed E-state index contributed by atoms with van der Waals surface area (Å²) in [6, 6.07) is 0. The second-order valence-corrected chi connectivity index (χ2v) is 2.92. The molecular weight excluding hydrogens is 124 g/mol. The molecule has 0 aromatic carbocycles. The highest BCUT2D eigenvalue weighted by molar-refractivity contribution is 4.99. The third-order valence-electron chi connectivity index (χ3n) is 1.98. The summed E-state index contributed by atoms with van der Waals surface area (Å²) in [6.45, 7) is 6.86. The van der Waals surface area contributed by atoms with Crippen LogP contribution >= 0.6 is 0 Å². The lowest BCUT2D eigenvalue weighted by Crippen LogP contribution is -2.17. The first-order valence-corrected chi connectivity index (χ1v) is 4.11. The van der Waals surface area contributed by atoms with Gasteiger partial charge in [-0.15, -0.1) is 0 Å². The van der Waals surface area contributed by atoms with Gasteiger partial charge in [0.1, 0.15) is 0 Å². The van der Waals surface area contributed by atoms with Crippen LogP contribution in [0.15, 0.2) is 12.2 Å². The second-order valence-electron chi connectivity index (χ2n) is 2.92. The first-order valence-electron chi connectivity index (χ1n) is 4.11. The lowest BCUT2D eigenvalue weighted by molar-refractivity contribution is 0.0486. The van der Waals surface area contributed by atoms with Gasteiger partial charge in [-0.25, -0.2) is 0 Å². The van der Waals surface area contributed by atoms with Gasteiger partial charge in [-0.3, -0.25) is 0 Å². The molecule has 0 aromatic rings. The van der Waals surface area contributed by atoms with Gasteiger partial charge in [0.05, 0.1) is 6.10 Å². The number of hydrogen-bond acceptors (Lipinski definition) is 1. The third-order valence-corrected chi connectivity index (χ3v) is 1.98. The highest BCUT2D eigenvalue weighted by Crippen LogP contribution is 2.23. The molecule has 1 aliphatic rings. The van der Waals surface area contributed by atoms with Crippen LogP contribution < -0.4 is 0 Å². The van der Waals surface area contributed by atoms with Gasteiger partial charge in [0.2, 0.25) is 0 Å². The largest absolute Gasteiger partial charge is 0.378 e. The fourth-order valence-corrected chi connectivity index (χ4v) is 1.48. The van der Waals surface area contributed by atoms with E-state index in [2.05, 4.69) is 13.5 Å². The Hall–Kier alpha value is -0.300. The molecule has 1 aliphatic carbocycles. The zero-order chi connectivity index (χ0) is 7.40. The minimum Gasteiger partial charge on any atom is -0.378 e. The SMILES string of the molecule is C=C1CCCC(OCC)C1. The van der Waals surface area contributed by atoms with Crippen molar-refractivity contribution in [3.05, 3.63) is 12.2 Å². The van der Waals surface area contributed by atoms with E-state index in [-0.39, 0.29) is 0 Å². The molecule has 0 radical (unpaired) electrons. The van der Waals surface area contributed by atoms with E-state index in [0.29, 0.717) is 6.10 Å². The number of ether oxygens (including phenoxy) is 1. The Balaban J connectivity index is 2.25. The van der Waals surface area contributed by atoms with Crippen molar-refractivity contribution in [2.45, 2.75) is 38.7 Å². The molecule has 0 heterocycles. The Labute approximate surface area is 63.1 Å². The van der Waals surface area contributed by atoms with E-state index in [9.17, 15) is 0 Å². The molecule has 0 aliphatic heterocycles. The summed E-state index contributed by atoms with van der Waals surface area (Å²) < 4.78 is 5.49. The Morgan fingerprint density at radius 3 is 3.10 bits per heavy atom. The van der Waals surface area contributed by atoms with Crippen molar-refractivity contribution in [1.82, 2.24) is 0 Å². The molecule has 0 saturated heterocycles. The lowest BCUT2D eigenvalue weighted by Gasteiger charge is -2.22. The molecule has 10 heavy (non-hydrogen) atoms. The second kappa shape index (κ2) is 3.77. The maximum absolute atomic E-state index is 5.49. The van der Waals surface area contributed by atoms with Gasteiger partial charge in [-0.05, 0) is 32.6 Å². The zero-order valence-corrected chi connectivity index (χ0v) is 6.73. The summed E-state index contributed by atoms with van der Waals surface area (Å²) in [7, 11) is 0. The van der Waals surface area contributed by atoms with Crippen LogP contribution in [-0.2, 0) is 4.74 Å². The fourth-order valence-electron chi connectivity index (χ4n) is 1.48. The molecular formula is C9H16O. The van der Waals surface area contributed by atoms with Crippen LogP contribution in [0.1, 0.15) is 32.6 Å². The Morgan fingerprint density at radius 1 is 1.70 bits per heavy atom. The van der Waals surface area contributed by atoms with Crippen molar-refractivity contribution in [2.24, 2.45) is 0 Å². The van der Waals surface area contributed by atoms with Crippen LogP contribution in [0, 0.1) is 0 Å². The summed E-state index contributed by atoms with van der Waals surface area (Å²) in [4.78, 5) is 0. The van der Waals surface area contributed by atoms with Crippen molar-refractivity contribution in [3.8, 4) is 0 Å². The molecule has 1 nitrogen and oxygen atoms in total. The van der Waals surface area contributed by atoms with E-state index >= 15 is 0 Å². The fraction of sp³-hybridized carbons (Fsp3) is 0.778. The molecule has 1 saturated carbocycles. The van der Waals surface area contributed by atoms with E-state index in [0.717, 1.165) is 13.0 Å². The highest BCUT2D eigenvalue weighted by atomic mass is 16.5. The van der Waals surface area contributed by atoms with Gasteiger partial charge in [0, 0.05) is 6.61 Å². The molecule has 0 N–H and O–H groups in total. The molecule has 1 rings (SSSR count). The minimum absolute atomic E-state index is 0.478. The summed E-state index contributed by atoms with van der Waals surface area (Å²) in [5.74, 6) is 0. The zero-order valence-electron chi connectivity index (χ0n) is 6.73. The molecule has 1 unspecified atom stereocenters. The average Bonchev–Trinajstić information content (AvgIpc) is 1.88. The average molecular weight is 140 g/mol.